The quantitative estimate of drug-likeness (QED) is 0.664. The number of hydrogen-bond acceptors (Lipinski definition) is 3. The highest BCUT2D eigenvalue weighted by molar-refractivity contribution is 4.95. The Morgan fingerprint density at radius 1 is 1.50 bits per heavy atom. The van der Waals surface area contributed by atoms with Gasteiger partial charge in [-0.15, -0.1) is 0 Å². The summed E-state index contributed by atoms with van der Waals surface area (Å²) in [5.41, 5.74) is 1.07. The number of nitrogens with zero attached hydrogens (tertiary/aromatic N) is 2. The average Bonchev–Trinajstić information content (AvgIpc) is 2.61. The predicted molar refractivity (Wildman–Crippen MR) is 56.1 cm³/mol. The SMILES string of the molecule is CCCOCCn1cnc(CNC)c1. The third-order valence-electron chi connectivity index (χ3n) is 1.89. The highest BCUT2D eigenvalue weighted by Crippen LogP contribution is 1.95. The molecule has 4 heteroatoms. The highest BCUT2D eigenvalue weighted by Gasteiger charge is 1.96. The summed E-state index contributed by atoms with van der Waals surface area (Å²) in [5.74, 6) is 0. The Kier molecular flexibility index (Phi) is 5.25. The van der Waals surface area contributed by atoms with Crippen LogP contribution in [-0.2, 0) is 17.8 Å². The summed E-state index contributed by atoms with van der Waals surface area (Å²) in [4.78, 5) is 4.25. The zero-order valence-electron chi connectivity index (χ0n) is 8.99. The van der Waals surface area contributed by atoms with Crippen LogP contribution in [0.5, 0.6) is 0 Å². The molecule has 0 unspecified atom stereocenters. The fourth-order valence-electron chi connectivity index (χ4n) is 1.22. The van der Waals surface area contributed by atoms with E-state index in [1.165, 1.54) is 0 Å². The molecule has 80 valence electrons. The number of hydrogen-bond donors (Lipinski definition) is 1. The van der Waals surface area contributed by atoms with Crippen molar-refractivity contribution in [3.8, 4) is 0 Å². The number of ether oxygens (including phenoxy) is 1. The lowest BCUT2D eigenvalue weighted by atomic mass is 10.5. The van der Waals surface area contributed by atoms with Crippen LogP contribution >= 0.6 is 0 Å². The summed E-state index contributed by atoms with van der Waals surface area (Å²) in [7, 11) is 1.92. The van der Waals surface area contributed by atoms with Crippen molar-refractivity contribution in [2.24, 2.45) is 0 Å². The zero-order valence-corrected chi connectivity index (χ0v) is 8.99. The van der Waals surface area contributed by atoms with Crippen molar-refractivity contribution in [2.75, 3.05) is 20.3 Å². The van der Waals surface area contributed by atoms with Crippen LogP contribution in [0.25, 0.3) is 0 Å². The second-order valence-electron chi connectivity index (χ2n) is 3.25. The molecule has 0 aliphatic rings. The van der Waals surface area contributed by atoms with Crippen molar-refractivity contribution in [1.29, 1.82) is 0 Å². The molecule has 0 saturated heterocycles. The molecule has 0 aliphatic carbocycles. The predicted octanol–water partition coefficient (Wildman–Crippen LogP) is 1.03. The number of nitrogens with one attached hydrogen (secondary N) is 1. The molecule has 0 fully saturated rings. The standard InChI is InChI=1S/C10H19N3O/c1-3-5-14-6-4-13-8-10(7-11-2)12-9-13/h8-9,11H,3-7H2,1-2H3. The molecule has 1 aromatic rings. The summed E-state index contributed by atoms with van der Waals surface area (Å²) in [6, 6.07) is 0. The van der Waals surface area contributed by atoms with Gasteiger partial charge in [-0.2, -0.15) is 0 Å². The Bertz CT molecular complexity index is 247. The van der Waals surface area contributed by atoms with Gasteiger partial charge in [-0.1, -0.05) is 6.92 Å². The van der Waals surface area contributed by atoms with Gasteiger partial charge >= 0.3 is 0 Å². The first kappa shape index (κ1) is 11.2. The van der Waals surface area contributed by atoms with Gasteiger partial charge in [0.15, 0.2) is 0 Å². The number of aromatic nitrogens is 2. The lowest BCUT2D eigenvalue weighted by Crippen LogP contribution is -2.06. The van der Waals surface area contributed by atoms with Crippen molar-refractivity contribution >= 4 is 0 Å². The van der Waals surface area contributed by atoms with E-state index in [9.17, 15) is 0 Å². The highest BCUT2D eigenvalue weighted by atomic mass is 16.5. The van der Waals surface area contributed by atoms with Gasteiger partial charge in [0.2, 0.25) is 0 Å². The average molecular weight is 197 g/mol. The second kappa shape index (κ2) is 6.56. The number of rotatable bonds is 7. The summed E-state index contributed by atoms with van der Waals surface area (Å²) >= 11 is 0. The number of imidazole rings is 1. The lowest BCUT2D eigenvalue weighted by molar-refractivity contribution is 0.127. The van der Waals surface area contributed by atoms with Crippen molar-refractivity contribution in [3.05, 3.63) is 18.2 Å². The van der Waals surface area contributed by atoms with Crippen LogP contribution in [0, 0.1) is 0 Å². The van der Waals surface area contributed by atoms with Gasteiger partial charge in [0.05, 0.1) is 18.6 Å². The van der Waals surface area contributed by atoms with Gasteiger partial charge in [-0.3, -0.25) is 0 Å². The molecule has 0 saturated carbocycles. The molecule has 1 heterocycles. The molecule has 1 aromatic heterocycles. The summed E-state index contributed by atoms with van der Waals surface area (Å²) in [6.07, 6.45) is 4.97. The monoisotopic (exact) mass is 197 g/mol. The molecule has 1 rings (SSSR count). The van der Waals surface area contributed by atoms with Gasteiger partial charge in [0, 0.05) is 25.9 Å². The Hall–Kier alpha value is -0.870. The Morgan fingerprint density at radius 3 is 3.07 bits per heavy atom. The van der Waals surface area contributed by atoms with Crippen LogP contribution in [-0.4, -0.2) is 29.8 Å². The molecule has 0 aromatic carbocycles. The smallest absolute Gasteiger partial charge is 0.0950 e. The largest absolute Gasteiger partial charge is 0.380 e. The molecule has 0 spiro atoms. The van der Waals surface area contributed by atoms with Crippen molar-refractivity contribution < 1.29 is 4.74 Å². The van der Waals surface area contributed by atoms with Crippen molar-refractivity contribution in [2.45, 2.75) is 26.4 Å². The summed E-state index contributed by atoms with van der Waals surface area (Å²) < 4.78 is 7.45. The molecule has 0 radical (unpaired) electrons. The van der Waals surface area contributed by atoms with E-state index in [2.05, 4.69) is 21.8 Å². The minimum Gasteiger partial charge on any atom is -0.380 e. The summed E-state index contributed by atoms with van der Waals surface area (Å²) in [6.45, 7) is 5.43. The first-order valence-electron chi connectivity index (χ1n) is 5.09. The fourth-order valence-corrected chi connectivity index (χ4v) is 1.22. The van der Waals surface area contributed by atoms with Crippen LogP contribution in [0.4, 0.5) is 0 Å². The zero-order chi connectivity index (χ0) is 10.2. The first-order valence-corrected chi connectivity index (χ1v) is 5.09. The lowest BCUT2D eigenvalue weighted by Gasteiger charge is -2.02. The van der Waals surface area contributed by atoms with Crippen LogP contribution in [0.1, 0.15) is 19.0 Å². The fraction of sp³-hybridized carbons (Fsp3) is 0.700. The Balaban J connectivity index is 2.22. The van der Waals surface area contributed by atoms with E-state index in [1.807, 2.05) is 19.6 Å². The molecule has 1 N–H and O–H groups in total. The van der Waals surface area contributed by atoms with Gasteiger partial charge in [0.25, 0.3) is 0 Å². The van der Waals surface area contributed by atoms with E-state index in [-0.39, 0.29) is 0 Å². The van der Waals surface area contributed by atoms with Gasteiger partial charge in [0.1, 0.15) is 0 Å². The normalized spacial score (nSPS) is 10.7. The maximum atomic E-state index is 5.39. The Morgan fingerprint density at radius 2 is 2.36 bits per heavy atom. The first-order chi connectivity index (χ1) is 6.86. The van der Waals surface area contributed by atoms with Crippen LogP contribution < -0.4 is 5.32 Å². The topological polar surface area (TPSA) is 39.1 Å². The molecule has 4 nitrogen and oxygen atoms in total. The van der Waals surface area contributed by atoms with Crippen molar-refractivity contribution in [1.82, 2.24) is 14.9 Å². The molecule has 0 aliphatic heterocycles. The Labute approximate surface area is 85.3 Å². The van der Waals surface area contributed by atoms with Crippen LogP contribution in [0.15, 0.2) is 12.5 Å². The second-order valence-corrected chi connectivity index (χ2v) is 3.25. The minimum atomic E-state index is 0.767. The van der Waals surface area contributed by atoms with Gasteiger partial charge < -0.3 is 14.6 Å². The van der Waals surface area contributed by atoms with E-state index in [4.69, 9.17) is 4.74 Å². The molecule has 0 amide bonds. The maximum absolute atomic E-state index is 5.39. The molecular weight excluding hydrogens is 178 g/mol. The molecule has 14 heavy (non-hydrogen) atoms. The van der Waals surface area contributed by atoms with Gasteiger partial charge in [-0.05, 0) is 13.5 Å². The molecule has 0 bridgehead atoms. The van der Waals surface area contributed by atoms with Crippen molar-refractivity contribution in [3.63, 3.8) is 0 Å². The van der Waals surface area contributed by atoms with Crippen LogP contribution in [0.3, 0.4) is 0 Å². The molecule has 0 atom stereocenters. The van der Waals surface area contributed by atoms with Gasteiger partial charge in [-0.25, -0.2) is 4.98 Å². The van der Waals surface area contributed by atoms with E-state index in [1.54, 1.807) is 0 Å². The molecular formula is C10H19N3O. The van der Waals surface area contributed by atoms with Crippen LogP contribution in [0.2, 0.25) is 0 Å². The third kappa shape index (κ3) is 3.89. The van der Waals surface area contributed by atoms with E-state index in [0.717, 1.165) is 38.4 Å². The third-order valence-corrected chi connectivity index (χ3v) is 1.89. The maximum Gasteiger partial charge on any atom is 0.0950 e. The van der Waals surface area contributed by atoms with E-state index >= 15 is 0 Å². The minimum absolute atomic E-state index is 0.767. The van der Waals surface area contributed by atoms with E-state index < -0.39 is 0 Å². The summed E-state index contributed by atoms with van der Waals surface area (Å²) in [5, 5.41) is 3.07. The van der Waals surface area contributed by atoms with E-state index in [0.29, 0.717) is 0 Å².